The summed E-state index contributed by atoms with van der Waals surface area (Å²) in [6, 6.07) is 13.4. The first kappa shape index (κ1) is 13.9. The Bertz CT molecular complexity index is 606. The molecule has 0 atom stereocenters. The van der Waals surface area contributed by atoms with E-state index in [4.69, 9.17) is 5.73 Å². The van der Waals surface area contributed by atoms with Crippen LogP contribution in [0.15, 0.2) is 42.5 Å². The predicted octanol–water partition coefficient (Wildman–Crippen LogP) is 2.93. The predicted molar refractivity (Wildman–Crippen MR) is 83.3 cm³/mol. The molecule has 0 fully saturated rings. The standard InChI is InChI=1S/C16H19N3O/c1-3-11-4-7-13(8-5-11)19-15-9-6-12(10-14(15)17)16(20)18-2/h4-10,19H,3,17H2,1-2H3,(H,18,20). The molecule has 0 spiro atoms. The molecule has 0 saturated carbocycles. The topological polar surface area (TPSA) is 67.2 Å². The summed E-state index contributed by atoms with van der Waals surface area (Å²) in [4.78, 5) is 11.5. The molecule has 0 saturated heterocycles. The van der Waals surface area contributed by atoms with Gasteiger partial charge in [-0.25, -0.2) is 0 Å². The fourth-order valence-electron chi connectivity index (χ4n) is 1.94. The van der Waals surface area contributed by atoms with Crippen LogP contribution in [0.3, 0.4) is 0 Å². The third-order valence-corrected chi connectivity index (χ3v) is 3.18. The van der Waals surface area contributed by atoms with Crippen molar-refractivity contribution in [1.82, 2.24) is 5.32 Å². The van der Waals surface area contributed by atoms with Crippen LogP contribution in [0.1, 0.15) is 22.8 Å². The van der Waals surface area contributed by atoms with Crippen molar-refractivity contribution in [3.8, 4) is 0 Å². The minimum absolute atomic E-state index is 0.143. The number of carbonyl (C=O) groups is 1. The van der Waals surface area contributed by atoms with E-state index in [1.807, 2.05) is 18.2 Å². The van der Waals surface area contributed by atoms with Gasteiger partial charge in [0.05, 0.1) is 11.4 Å². The largest absolute Gasteiger partial charge is 0.397 e. The van der Waals surface area contributed by atoms with Gasteiger partial charge >= 0.3 is 0 Å². The molecule has 1 amide bonds. The van der Waals surface area contributed by atoms with Crippen LogP contribution in [-0.4, -0.2) is 13.0 Å². The molecule has 0 heterocycles. The van der Waals surface area contributed by atoms with Gasteiger partial charge < -0.3 is 16.4 Å². The van der Waals surface area contributed by atoms with E-state index in [9.17, 15) is 4.79 Å². The fourth-order valence-corrected chi connectivity index (χ4v) is 1.94. The Morgan fingerprint density at radius 1 is 1.15 bits per heavy atom. The number of nitrogen functional groups attached to an aromatic ring is 1. The van der Waals surface area contributed by atoms with Crippen molar-refractivity contribution in [2.45, 2.75) is 13.3 Å². The van der Waals surface area contributed by atoms with E-state index in [0.29, 0.717) is 11.3 Å². The summed E-state index contributed by atoms with van der Waals surface area (Å²) in [6.07, 6.45) is 1.02. The van der Waals surface area contributed by atoms with E-state index in [0.717, 1.165) is 17.8 Å². The summed E-state index contributed by atoms with van der Waals surface area (Å²) in [7, 11) is 1.60. The van der Waals surface area contributed by atoms with Crippen molar-refractivity contribution < 1.29 is 4.79 Å². The molecular weight excluding hydrogens is 250 g/mol. The summed E-state index contributed by atoms with van der Waals surface area (Å²) >= 11 is 0. The summed E-state index contributed by atoms with van der Waals surface area (Å²) < 4.78 is 0. The van der Waals surface area contributed by atoms with Crippen molar-refractivity contribution >= 4 is 23.0 Å². The Balaban J connectivity index is 2.18. The summed E-state index contributed by atoms with van der Waals surface area (Å²) in [5, 5.41) is 5.83. The number of benzene rings is 2. The van der Waals surface area contributed by atoms with Crippen molar-refractivity contribution in [2.24, 2.45) is 0 Å². The van der Waals surface area contributed by atoms with Crippen LogP contribution in [0, 0.1) is 0 Å². The Kier molecular flexibility index (Phi) is 4.25. The van der Waals surface area contributed by atoms with Gasteiger partial charge in [-0.05, 0) is 42.3 Å². The zero-order valence-electron chi connectivity index (χ0n) is 11.7. The van der Waals surface area contributed by atoms with E-state index in [1.165, 1.54) is 5.56 Å². The van der Waals surface area contributed by atoms with Gasteiger partial charge in [-0.1, -0.05) is 19.1 Å². The fraction of sp³-hybridized carbons (Fsp3) is 0.188. The molecule has 0 aromatic heterocycles. The highest BCUT2D eigenvalue weighted by molar-refractivity contribution is 5.96. The van der Waals surface area contributed by atoms with Crippen LogP contribution in [0.25, 0.3) is 0 Å². The number of nitrogens with one attached hydrogen (secondary N) is 2. The number of nitrogens with two attached hydrogens (primary N) is 1. The Labute approximate surface area is 119 Å². The maximum atomic E-state index is 11.5. The number of amides is 1. The number of carbonyl (C=O) groups excluding carboxylic acids is 1. The summed E-state index contributed by atoms with van der Waals surface area (Å²) in [5.74, 6) is -0.143. The lowest BCUT2D eigenvalue weighted by atomic mass is 10.1. The first-order valence-electron chi connectivity index (χ1n) is 6.61. The molecule has 2 aromatic carbocycles. The monoisotopic (exact) mass is 269 g/mol. The summed E-state index contributed by atoms with van der Waals surface area (Å²) in [5.41, 5.74) is 10.1. The lowest BCUT2D eigenvalue weighted by molar-refractivity contribution is 0.0963. The van der Waals surface area contributed by atoms with Gasteiger partial charge in [-0.15, -0.1) is 0 Å². The first-order valence-corrected chi connectivity index (χ1v) is 6.61. The SMILES string of the molecule is CCc1ccc(Nc2ccc(C(=O)NC)cc2N)cc1. The lowest BCUT2D eigenvalue weighted by Gasteiger charge is -2.11. The number of anilines is 3. The zero-order valence-corrected chi connectivity index (χ0v) is 11.7. The van der Waals surface area contributed by atoms with Gasteiger partial charge in [0.1, 0.15) is 0 Å². The number of hydrogen-bond donors (Lipinski definition) is 3. The molecule has 0 aliphatic carbocycles. The zero-order chi connectivity index (χ0) is 14.5. The number of rotatable bonds is 4. The molecule has 4 heteroatoms. The molecule has 2 aromatic rings. The Hall–Kier alpha value is -2.49. The second-order valence-electron chi connectivity index (χ2n) is 4.56. The highest BCUT2D eigenvalue weighted by atomic mass is 16.1. The molecule has 20 heavy (non-hydrogen) atoms. The highest BCUT2D eigenvalue weighted by Gasteiger charge is 2.06. The molecule has 4 N–H and O–H groups in total. The van der Waals surface area contributed by atoms with Crippen molar-refractivity contribution in [3.63, 3.8) is 0 Å². The van der Waals surface area contributed by atoms with Crippen LogP contribution in [0.2, 0.25) is 0 Å². The van der Waals surface area contributed by atoms with Crippen LogP contribution in [-0.2, 0) is 6.42 Å². The van der Waals surface area contributed by atoms with Gasteiger partial charge in [-0.3, -0.25) is 4.79 Å². The maximum Gasteiger partial charge on any atom is 0.251 e. The van der Waals surface area contributed by atoms with Crippen LogP contribution < -0.4 is 16.4 Å². The van der Waals surface area contributed by atoms with E-state index >= 15 is 0 Å². The van der Waals surface area contributed by atoms with Gasteiger partial charge in [0.15, 0.2) is 0 Å². The van der Waals surface area contributed by atoms with Crippen molar-refractivity contribution in [3.05, 3.63) is 53.6 Å². The Morgan fingerprint density at radius 3 is 2.40 bits per heavy atom. The van der Waals surface area contributed by atoms with Gasteiger partial charge in [0.2, 0.25) is 0 Å². The number of hydrogen-bond acceptors (Lipinski definition) is 3. The number of aryl methyl sites for hydroxylation is 1. The normalized spacial score (nSPS) is 10.1. The van der Waals surface area contributed by atoms with Crippen LogP contribution in [0.4, 0.5) is 17.1 Å². The second-order valence-corrected chi connectivity index (χ2v) is 4.56. The third-order valence-electron chi connectivity index (χ3n) is 3.18. The highest BCUT2D eigenvalue weighted by Crippen LogP contribution is 2.24. The molecule has 4 nitrogen and oxygen atoms in total. The summed E-state index contributed by atoms with van der Waals surface area (Å²) in [6.45, 7) is 2.12. The second kappa shape index (κ2) is 6.10. The average molecular weight is 269 g/mol. The molecule has 0 bridgehead atoms. The first-order chi connectivity index (χ1) is 9.63. The minimum atomic E-state index is -0.143. The van der Waals surface area contributed by atoms with E-state index in [1.54, 1.807) is 19.2 Å². The average Bonchev–Trinajstić information content (AvgIpc) is 2.49. The van der Waals surface area contributed by atoms with Crippen molar-refractivity contribution in [2.75, 3.05) is 18.1 Å². The van der Waals surface area contributed by atoms with Gasteiger partial charge in [0, 0.05) is 18.3 Å². The van der Waals surface area contributed by atoms with E-state index in [2.05, 4.69) is 29.7 Å². The molecule has 0 aliphatic rings. The quantitative estimate of drug-likeness (QED) is 0.748. The molecule has 0 aliphatic heterocycles. The molecule has 0 unspecified atom stereocenters. The van der Waals surface area contributed by atoms with Gasteiger partial charge in [0.25, 0.3) is 5.91 Å². The minimum Gasteiger partial charge on any atom is -0.397 e. The lowest BCUT2D eigenvalue weighted by Crippen LogP contribution is -2.17. The van der Waals surface area contributed by atoms with Crippen molar-refractivity contribution in [1.29, 1.82) is 0 Å². The molecular formula is C16H19N3O. The van der Waals surface area contributed by atoms with Gasteiger partial charge in [-0.2, -0.15) is 0 Å². The van der Waals surface area contributed by atoms with E-state index < -0.39 is 0 Å². The molecule has 0 radical (unpaired) electrons. The van der Waals surface area contributed by atoms with Crippen LogP contribution >= 0.6 is 0 Å². The van der Waals surface area contributed by atoms with E-state index in [-0.39, 0.29) is 5.91 Å². The van der Waals surface area contributed by atoms with Crippen LogP contribution in [0.5, 0.6) is 0 Å². The molecule has 104 valence electrons. The molecule has 2 rings (SSSR count). The maximum absolute atomic E-state index is 11.5. The third kappa shape index (κ3) is 3.09. The Morgan fingerprint density at radius 2 is 1.85 bits per heavy atom. The smallest absolute Gasteiger partial charge is 0.251 e.